The lowest BCUT2D eigenvalue weighted by atomic mass is 10.2. The Morgan fingerprint density at radius 1 is 1.23 bits per heavy atom. The van der Waals surface area contributed by atoms with Crippen LogP contribution in [0.4, 0.5) is 16.2 Å². The molecule has 7 nitrogen and oxygen atoms in total. The largest absolute Gasteiger partial charge is 0.436 e. The van der Waals surface area contributed by atoms with E-state index in [1.165, 1.54) is 9.74 Å². The first kappa shape index (κ1) is 12.5. The summed E-state index contributed by atoms with van der Waals surface area (Å²) in [5.41, 5.74) is 3.75. The molecule has 0 unspecified atom stereocenters. The molecule has 1 amide bonds. The van der Waals surface area contributed by atoms with Crippen molar-refractivity contribution in [2.45, 2.75) is 0 Å². The molecule has 1 aliphatic heterocycles. The minimum Gasteiger partial charge on any atom is -0.337 e. The highest BCUT2D eigenvalue weighted by Crippen LogP contribution is 2.34. The predicted octanol–water partition coefficient (Wildman–Crippen LogP) is 2.33. The molecule has 0 atom stereocenters. The number of amides is 1. The maximum Gasteiger partial charge on any atom is 0.436 e. The summed E-state index contributed by atoms with van der Waals surface area (Å²) in [5.74, 6) is 6.83. The first-order valence-electron chi connectivity index (χ1n) is 6.73. The lowest BCUT2D eigenvalue weighted by Gasteiger charge is -2.26. The van der Waals surface area contributed by atoms with E-state index in [1.807, 2.05) is 36.4 Å². The maximum absolute atomic E-state index is 11.5. The smallest absolute Gasteiger partial charge is 0.337 e. The lowest BCUT2D eigenvalue weighted by Crippen LogP contribution is -2.31. The van der Waals surface area contributed by atoms with E-state index in [1.54, 1.807) is 13.1 Å². The van der Waals surface area contributed by atoms with Crippen LogP contribution >= 0.6 is 0 Å². The molecule has 0 spiro atoms. The van der Waals surface area contributed by atoms with Gasteiger partial charge in [-0.05, 0) is 12.1 Å². The van der Waals surface area contributed by atoms with Crippen molar-refractivity contribution < 1.29 is 9.63 Å². The number of carbonyl (C=O) groups excluding carboxylic acids is 1. The number of nitrogen functional groups attached to an aromatic ring is 1. The quantitative estimate of drug-likeness (QED) is 0.673. The third-order valence-corrected chi connectivity index (χ3v) is 3.63. The molecule has 110 valence electrons. The fraction of sp³-hybridized carbons (Fsp3) is 0.0667. The van der Waals surface area contributed by atoms with Crippen LogP contribution in [-0.4, -0.2) is 22.8 Å². The van der Waals surface area contributed by atoms with Crippen LogP contribution < -0.4 is 16.2 Å². The number of benzene rings is 2. The summed E-state index contributed by atoms with van der Waals surface area (Å²) in [6.07, 6.45) is -0.527. The van der Waals surface area contributed by atoms with Crippen LogP contribution in [0, 0.1) is 0 Å². The SMILES string of the molecule is CN1OC(=O)Nc2cc3c(cc21)nc(-c1ccccc1)n3N. The standard InChI is InChI=1S/C15H13N5O2/c1-19-12-7-11-13(8-10(12)18-15(21)22-19)20(16)14(17-11)9-5-3-2-4-6-9/h2-8H,16H2,1H3,(H,18,21). The molecule has 3 N–H and O–H groups in total. The van der Waals surface area contributed by atoms with E-state index < -0.39 is 6.09 Å². The highest BCUT2D eigenvalue weighted by atomic mass is 16.7. The van der Waals surface area contributed by atoms with Crippen molar-refractivity contribution in [3.63, 3.8) is 0 Å². The Kier molecular flexibility index (Phi) is 2.50. The lowest BCUT2D eigenvalue weighted by molar-refractivity contribution is 0.152. The van der Waals surface area contributed by atoms with Gasteiger partial charge < -0.3 is 10.7 Å². The first-order chi connectivity index (χ1) is 10.6. The van der Waals surface area contributed by atoms with Crippen LogP contribution in [0.3, 0.4) is 0 Å². The summed E-state index contributed by atoms with van der Waals surface area (Å²) >= 11 is 0. The van der Waals surface area contributed by atoms with E-state index in [9.17, 15) is 4.79 Å². The highest BCUT2D eigenvalue weighted by molar-refractivity contribution is 5.99. The fourth-order valence-corrected chi connectivity index (χ4v) is 2.59. The third-order valence-electron chi connectivity index (χ3n) is 3.63. The molecule has 4 rings (SSSR count). The molecular weight excluding hydrogens is 282 g/mol. The van der Waals surface area contributed by atoms with Crippen LogP contribution in [0.5, 0.6) is 0 Å². The van der Waals surface area contributed by atoms with Gasteiger partial charge in [-0.3, -0.25) is 5.32 Å². The zero-order valence-corrected chi connectivity index (χ0v) is 11.8. The van der Waals surface area contributed by atoms with Gasteiger partial charge in [-0.15, -0.1) is 0 Å². The van der Waals surface area contributed by atoms with Crippen LogP contribution in [0.25, 0.3) is 22.4 Å². The van der Waals surface area contributed by atoms with Crippen molar-refractivity contribution in [2.75, 3.05) is 23.3 Å². The fourth-order valence-electron chi connectivity index (χ4n) is 2.59. The van der Waals surface area contributed by atoms with Crippen LogP contribution in [-0.2, 0) is 4.84 Å². The summed E-state index contributed by atoms with van der Waals surface area (Å²) in [6, 6.07) is 13.3. The van der Waals surface area contributed by atoms with Gasteiger partial charge in [0.15, 0.2) is 5.82 Å². The number of anilines is 2. The second kappa shape index (κ2) is 4.39. The molecule has 1 aliphatic rings. The molecule has 7 heteroatoms. The van der Waals surface area contributed by atoms with Crippen LogP contribution in [0.1, 0.15) is 0 Å². The number of rotatable bonds is 1. The normalized spacial score (nSPS) is 13.7. The van der Waals surface area contributed by atoms with Gasteiger partial charge in [-0.1, -0.05) is 30.3 Å². The van der Waals surface area contributed by atoms with E-state index >= 15 is 0 Å². The zero-order chi connectivity index (χ0) is 15.3. The Bertz CT molecular complexity index is 888. The highest BCUT2D eigenvalue weighted by Gasteiger charge is 2.23. The Balaban J connectivity index is 1.94. The Hall–Kier alpha value is -3.22. The third kappa shape index (κ3) is 1.76. The number of imidazole rings is 1. The number of hydroxylamine groups is 1. The van der Waals surface area contributed by atoms with Crippen molar-refractivity contribution in [1.82, 2.24) is 9.66 Å². The maximum atomic E-state index is 11.5. The number of carbonyl (C=O) groups is 1. The van der Waals surface area contributed by atoms with Crippen molar-refractivity contribution in [3.8, 4) is 11.4 Å². The van der Waals surface area contributed by atoms with Crippen molar-refractivity contribution in [2.24, 2.45) is 0 Å². The minimum atomic E-state index is -0.527. The molecule has 0 bridgehead atoms. The summed E-state index contributed by atoms with van der Waals surface area (Å²) in [5, 5.41) is 4.07. The van der Waals surface area contributed by atoms with E-state index in [2.05, 4.69) is 10.3 Å². The number of nitrogens with one attached hydrogen (secondary N) is 1. The molecule has 1 aromatic heterocycles. The Morgan fingerprint density at radius 2 is 2.00 bits per heavy atom. The summed E-state index contributed by atoms with van der Waals surface area (Å²) < 4.78 is 1.52. The number of hydrogen-bond donors (Lipinski definition) is 2. The molecule has 2 heterocycles. The van der Waals surface area contributed by atoms with Gasteiger partial charge in [0.2, 0.25) is 0 Å². The molecule has 0 radical (unpaired) electrons. The van der Waals surface area contributed by atoms with E-state index in [-0.39, 0.29) is 0 Å². The van der Waals surface area contributed by atoms with Crippen LogP contribution in [0.2, 0.25) is 0 Å². The number of nitrogens with zero attached hydrogens (tertiary/aromatic N) is 3. The van der Waals surface area contributed by atoms with Gasteiger partial charge in [-0.25, -0.2) is 19.5 Å². The molecule has 3 aromatic rings. The summed E-state index contributed by atoms with van der Waals surface area (Å²) in [7, 11) is 1.67. The monoisotopic (exact) mass is 295 g/mol. The van der Waals surface area contributed by atoms with Gasteiger partial charge in [0.1, 0.15) is 5.69 Å². The van der Waals surface area contributed by atoms with Crippen molar-refractivity contribution >= 4 is 28.5 Å². The second-order valence-corrected chi connectivity index (χ2v) is 5.03. The summed E-state index contributed by atoms with van der Waals surface area (Å²) in [6.45, 7) is 0. The van der Waals surface area contributed by atoms with Gasteiger partial charge in [0.25, 0.3) is 0 Å². The van der Waals surface area contributed by atoms with Crippen molar-refractivity contribution in [1.29, 1.82) is 0 Å². The molecule has 2 aromatic carbocycles. The average molecular weight is 295 g/mol. The van der Waals surface area contributed by atoms with Gasteiger partial charge in [-0.2, -0.15) is 0 Å². The molecular formula is C15H13N5O2. The van der Waals surface area contributed by atoms with E-state index in [4.69, 9.17) is 10.7 Å². The Morgan fingerprint density at radius 3 is 2.77 bits per heavy atom. The first-order valence-corrected chi connectivity index (χ1v) is 6.73. The zero-order valence-electron chi connectivity index (χ0n) is 11.8. The van der Waals surface area contributed by atoms with Crippen molar-refractivity contribution in [3.05, 3.63) is 42.5 Å². The molecule has 0 saturated carbocycles. The number of nitrogens with two attached hydrogens (primary N) is 1. The number of fused-ring (bicyclic) bond motifs is 2. The molecule has 0 aliphatic carbocycles. The van der Waals surface area contributed by atoms with Gasteiger partial charge >= 0.3 is 6.09 Å². The van der Waals surface area contributed by atoms with Crippen LogP contribution in [0.15, 0.2) is 42.5 Å². The number of aromatic nitrogens is 2. The number of hydrogen-bond acceptors (Lipinski definition) is 5. The second-order valence-electron chi connectivity index (χ2n) is 5.03. The van der Waals surface area contributed by atoms with E-state index in [0.29, 0.717) is 11.5 Å². The molecule has 22 heavy (non-hydrogen) atoms. The average Bonchev–Trinajstić information content (AvgIpc) is 2.83. The molecule has 0 fully saturated rings. The molecule has 0 saturated heterocycles. The predicted molar refractivity (Wildman–Crippen MR) is 83.8 cm³/mol. The summed E-state index contributed by atoms with van der Waals surface area (Å²) in [4.78, 5) is 21.0. The van der Waals surface area contributed by atoms with E-state index in [0.717, 1.165) is 22.3 Å². The van der Waals surface area contributed by atoms with Gasteiger partial charge in [0, 0.05) is 12.6 Å². The minimum absolute atomic E-state index is 0.527. The Labute approximate surface area is 125 Å². The topological polar surface area (TPSA) is 85.4 Å². The van der Waals surface area contributed by atoms with Gasteiger partial charge in [0.05, 0.1) is 16.7 Å².